The third kappa shape index (κ3) is 5.85. The van der Waals surface area contributed by atoms with Crippen LogP contribution in [0.5, 0.6) is 0 Å². The topological polar surface area (TPSA) is 107 Å². The van der Waals surface area contributed by atoms with Crippen LogP contribution in [0, 0.1) is 10.1 Å². The van der Waals surface area contributed by atoms with E-state index in [2.05, 4.69) is 0 Å². The Balaban J connectivity index is 1.58. The molecule has 0 aliphatic heterocycles. The smallest absolute Gasteiger partial charge is 0.306 e. The maximum absolute atomic E-state index is 12.9. The fraction of sp³-hybridized carbons (Fsp3) is 0.125. The van der Waals surface area contributed by atoms with E-state index in [4.69, 9.17) is 4.74 Å². The van der Waals surface area contributed by atoms with Crippen LogP contribution in [0.2, 0.25) is 0 Å². The average Bonchev–Trinajstić information content (AvgIpc) is 2.82. The third-order valence-corrected chi connectivity index (χ3v) is 4.56. The number of para-hydroxylation sites is 2. The fourth-order valence-electron chi connectivity index (χ4n) is 3.01. The quantitative estimate of drug-likeness (QED) is 0.214. The van der Waals surface area contributed by atoms with Crippen LogP contribution in [0.25, 0.3) is 0 Å². The van der Waals surface area contributed by atoms with Crippen molar-refractivity contribution in [3.63, 3.8) is 0 Å². The summed E-state index contributed by atoms with van der Waals surface area (Å²) in [6.07, 6.45) is -0.329. The van der Waals surface area contributed by atoms with Crippen LogP contribution in [0.4, 0.5) is 17.1 Å². The molecule has 162 valence electrons. The molecule has 0 fully saturated rings. The van der Waals surface area contributed by atoms with Gasteiger partial charge in [0.15, 0.2) is 6.61 Å². The first-order valence-electron chi connectivity index (χ1n) is 9.82. The van der Waals surface area contributed by atoms with E-state index in [9.17, 15) is 24.5 Å². The first-order valence-corrected chi connectivity index (χ1v) is 9.82. The van der Waals surface area contributed by atoms with Gasteiger partial charge in [-0.3, -0.25) is 29.4 Å². The van der Waals surface area contributed by atoms with Gasteiger partial charge in [-0.25, -0.2) is 0 Å². The lowest BCUT2D eigenvalue weighted by molar-refractivity contribution is -0.384. The molecule has 0 aliphatic rings. The molecule has 8 heteroatoms. The van der Waals surface area contributed by atoms with E-state index in [0.717, 1.165) is 6.07 Å². The number of nitrogens with zero attached hydrogens (tertiary/aromatic N) is 2. The summed E-state index contributed by atoms with van der Waals surface area (Å²) in [4.78, 5) is 48.9. The molecule has 0 bridgehead atoms. The molecule has 0 radical (unpaired) electrons. The van der Waals surface area contributed by atoms with Crippen LogP contribution in [0.3, 0.4) is 0 Å². The van der Waals surface area contributed by atoms with Crippen LogP contribution in [0.15, 0.2) is 84.9 Å². The number of ketones is 1. The molecular weight excluding hydrogens is 412 g/mol. The van der Waals surface area contributed by atoms with E-state index in [0.29, 0.717) is 11.4 Å². The lowest BCUT2D eigenvalue weighted by Crippen LogP contribution is -2.26. The molecule has 32 heavy (non-hydrogen) atoms. The highest BCUT2D eigenvalue weighted by molar-refractivity contribution is 6.02. The molecule has 3 aromatic rings. The van der Waals surface area contributed by atoms with Gasteiger partial charge in [0, 0.05) is 35.5 Å². The van der Waals surface area contributed by atoms with Crippen molar-refractivity contribution >= 4 is 34.7 Å². The summed E-state index contributed by atoms with van der Waals surface area (Å²) in [5.74, 6) is -1.58. The number of hydrogen-bond donors (Lipinski definition) is 0. The maximum atomic E-state index is 12.9. The largest absolute Gasteiger partial charge is 0.457 e. The van der Waals surface area contributed by atoms with Gasteiger partial charge >= 0.3 is 5.97 Å². The molecule has 0 spiro atoms. The summed E-state index contributed by atoms with van der Waals surface area (Å²) in [5.41, 5.74) is 1.17. The minimum atomic E-state index is -0.710. The zero-order chi connectivity index (χ0) is 22.9. The Morgan fingerprint density at radius 1 is 0.812 bits per heavy atom. The molecule has 3 aromatic carbocycles. The van der Waals surface area contributed by atoms with Crippen LogP contribution < -0.4 is 4.90 Å². The zero-order valence-corrected chi connectivity index (χ0v) is 17.0. The number of rotatable bonds is 9. The van der Waals surface area contributed by atoms with Crippen molar-refractivity contribution in [2.75, 3.05) is 11.5 Å². The van der Waals surface area contributed by atoms with Crippen LogP contribution >= 0.6 is 0 Å². The standard InChI is InChI=1S/C24H20N2O6/c27-22(18-8-7-13-21(16-18)26(30)31)17-32-24(29)15-14-23(28)25(19-9-3-1-4-10-19)20-11-5-2-6-12-20/h1-13,16H,14-15,17H2. The molecule has 0 atom stereocenters. The van der Waals surface area contributed by atoms with Crippen molar-refractivity contribution in [2.24, 2.45) is 0 Å². The Kier molecular flexibility index (Phi) is 7.42. The molecule has 0 N–H and O–H groups in total. The molecule has 0 saturated heterocycles. The monoisotopic (exact) mass is 432 g/mol. The van der Waals surface area contributed by atoms with E-state index >= 15 is 0 Å². The van der Waals surface area contributed by atoms with Gasteiger partial charge in [-0.2, -0.15) is 0 Å². The van der Waals surface area contributed by atoms with Gasteiger partial charge in [-0.15, -0.1) is 0 Å². The first-order chi connectivity index (χ1) is 15.5. The minimum absolute atomic E-state index is 0.0717. The Labute approximate surface area is 184 Å². The number of amides is 1. The molecular formula is C24H20N2O6. The molecule has 8 nitrogen and oxygen atoms in total. The Morgan fingerprint density at radius 3 is 1.97 bits per heavy atom. The number of hydrogen-bond acceptors (Lipinski definition) is 6. The van der Waals surface area contributed by atoms with Gasteiger partial charge in [0.1, 0.15) is 0 Å². The third-order valence-electron chi connectivity index (χ3n) is 4.56. The molecule has 3 rings (SSSR count). The Hall–Kier alpha value is -4.33. The summed E-state index contributed by atoms with van der Waals surface area (Å²) in [5, 5.41) is 10.8. The number of ether oxygens (including phenoxy) is 1. The molecule has 0 aliphatic carbocycles. The predicted octanol–water partition coefficient (Wildman–Crippen LogP) is 4.47. The number of Topliss-reactive ketones (excluding diaryl/α,β-unsaturated/α-hetero) is 1. The number of non-ortho nitro benzene ring substituents is 1. The lowest BCUT2D eigenvalue weighted by atomic mass is 10.1. The summed E-state index contributed by atoms with van der Waals surface area (Å²) in [7, 11) is 0. The van der Waals surface area contributed by atoms with E-state index in [1.165, 1.54) is 23.1 Å². The number of carbonyl (C=O) groups is 3. The number of carbonyl (C=O) groups excluding carboxylic acids is 3. The summed E-state index contributed by atoms with van der Waals surface area (Å²) in [6.45, 7) is -0.560. The van der Waals surface area contributed by atoms with Gasteiger partial charge in [-0.05, 0) is 24.3 Å². The highest BCUT2D eigenvalue weighted by Gasteiger charge is 2.20. The molecule has 0 heterocycles. The van der Waals surface area contributed by atoms with E-state index < -0.39 is 23.3 Å². The van der Waals surface area contributed by atoms with Crippen molar-refractivity contribution in [1.29, 1.82) is 0 Å². The summed E-state index contributed by atoms with van der Waals surface area (Å²) >= 11 is 0. The normalized spacial score (nSPS) is 10.2. The van der Waals surface area contributed by atoms with Gasteiger partial charge in [0.2, 0.25) is 11.7 Å². The highest BCUT2D eigenvalue weighted by atomic mass is 16.6. The van der Waals surface area contributed by atoms with Crippen molar-refractivity contribution in [3.8, 4) is 0 Å². The number of benzene rings is 3. The number of nitro groups is 1. The van der Waals surface area contributed by atoms with Crippen LogP contribution in [-0.2, 0) is 14.3 Å². The predicted molar refractivity (Wildman–Crippen MR) is 118 cm³/mol. The van der Waals surface area contributed by atoms with Crippen molar-refractivity contribution in [3.05, 3.63) is 101 Å². The van der Waals surface area contributed by atoms with Gasteiger partial charge in [0.25, 0.3) is 5.69 Å². The van der Waals surface area contributed by atoms with E-state index in [1.54, 1.807) is 24.3 Å². The van der Waals surface area contributed by atoms with Gasteiger partial charge < -0.3 is 4.74 Å². The van der Waals surface area contributed by atoms with E-state index in [1.807, 2.05) is 36.4 Å². The molecule has 1 amide bonds. The Morgan fingerprint density at radius 2 is 1.41 bits per heavy atom. The second kappa shape index (κ2) is 10.6. The maximum Gasteiger partial charge on any atom is 0.306 e. The fourth-order valence-corrected chi connectivity index (χ4v) is 3.01. The van der Waals surface area contributed by atoms with Crippen molar-refractivity contribution < 1.29 is 24.0 Å². The van der Waals surface area contributed by atoms with Crippen molar-refractivity contribution in [2.45, 2.75) is 12.8 Å². The second-order valence-electron chi connectivity index (χ2n) is 6.79. The van der Waals surface area contributed by atoms with Crippen LogP contribution in [-0.4, -0.2) is 29.2 Å². The number of anilines is 2. The van der Waals surface area contributed by atoms with Crippen LogP contribution in [0.1, 0.15) is 23.2 Å². The van der Waals surface area contributed by atoms with Gasteiger partial charge in [0.05, 0.1) is 11.3 Å². The second-order valence-corrected chi connectivity index (χ2v) is 6.79. The highest BCUT2D eigenvalue weighted by Crippen LogP contribution is 2.26. The molecule has 0 saturated carbocycles. The molecule has 0 aromatic heterocycles. The minimum Gasteiger partial charge on any atom is -0.457 e. The zero-order valence-electron chi connectivity index (χ0n) is 17.0. The van der Waals surface area contributed by atoms with E-state index in [-0.39, 0.29) is 30.0 Å². The summed E-state index contributed by atoms with van der Waals surface area (Å²) in [6, 6.07) is 23.3. The molecule has 0 unspecified atom stereocenters. The summed E-state index contributed by atoms with van der Waals surface area (Å²) < 4.78 is 4.97. The van der Waals surface area contributed by atoms with Gasteiger partial charge in [-0.1, -0.05) is 48.5 Å². The van der Waals surface area contributed by atoms with Crippen molar-refractivity contribution in [1.82, 2.24) is 0 Å². The number of nitro benzene ring substituents is 1. The Bertz CT molecular complexity index is 1080. The average molecular weight is 432 g/mol. The first kappa shape index (κ1) is 22.4. The lowest BCUT2D eigenvalue weighted by Gasteiger charge is -2.23. The number of esters is 1. The SMILES string of the molecule is O=C(CCC(=O)N(c1ccccc1)c1ccccc1)OCC(=O)c1cccc([N+](=O)[O-])c1.